The molecule has 2 fully saturated rings. The topological polar surface area (TPSA) is 83.5 Å². The van der Waals surface area contributed by atoms with Crippen LogP contribution < -0.4 is 0 Å². The lowest BCUT2D eigenvalue weighted by molar-refractivity contribution is -0.310. The van der Waals surface area contributed by atoms with Crippen LogP contribution in [0, 0.1) is 11.8 Å². The third-order valence-corrected chi connectivity index (χ3v) is 8.71. The molecule has 2 aliphatic rings. The Labute approximate surface area is 232 Å². The zero-order valence-electron chi connectivity index (χ0n) is 23.1. The van der Waals surface area contributed by atoms with Gasteiger partial charge in [-0.1, -0.05) is 76.0 Å². The number of hydrogen-bond acceptors (Lipinski definition) is 6. The fourth-order valence-corrected chi connectivity index (χ4v) is 6.11. The van der Waals surface area contributed by atoms with Crippen molar-refractivity contribution in [3.63, 3.8) is 0 Å². The summed E-state index contributed by atoms with van der Waals surface area (Å²) >= 11 is 2.37. The van der Waals surface area contributed by atoms with Gasteiger partial charge in [0.1, 0.15) is 30.0 Å². The van der Waals surface area contributed by atoms with Crippen LogP contribution in [0.5, 0.6) is 0 Å². The Kier molecular flexibility index (Phi) is 15.7. The second-order valence-electron chi connectivity index (χ2n) is 10.4. The Morgan fingerprint density at radius 3 is 2.00 bits per heavy atom. The molecule has 2 rings (SSSR count). The Bertz CT molecular complexity index is 606. The maximum absolute atomic E-state index is 12.6. The minimum Gasteiger partial charge on any atom is -0.481 e. The van der Waals surface area contributed by atoms with Crippen LogP contribution in [0.2, 0.25) is 0 Å². The highest BCUT2D eigenvalue weighted by molar-refractivity contribution is 14.1. The average molecular weight is 627 g/mol. The van der Waals surface area contributed by atoms with Crippen molar-refractivity contribution in [2.24, 2.45) is 11.8 Å². The molecule has 212 valence electrons. The molecule has 0 bridgehead atoms. The van der Waals surface area contributed by atoms with Gasteiger partial charge in [-0.3, -0.25) is 4.79 Å². The fraction of sp³-hybridized carbons (Fsp3) is 0.964. The van der Waals surface area contributed by atoms with Gasteiger partial charge in [0, 0.05) is 30.9 Å². The van der Waals surface area contributed by atoms with Gasteiger partial charge in [0.25, 0.3) is 0 Å². The summed E-state index contributed by atoms with van der Waals surface area (Å²) in [4.78, 5) is 12.6. The van der Waals surface area contributed by atoms with E-state index in [0.717, 1.165) is 55.8 Å². The highest BCUT2D eigenvalue weighted by Gasteiger charge is 2.64. The molecule has 1 saturated heterocycles. The number of carboxylic acids is 1. The molecule has 5 unspecified atom stereocenters. The minimum atomic E-state index is -0.949. The van der Waals surface area contributed by atoms with E-state index in [1.165, 1.54) is 0 Å². The van der Waals surface area contributed by atoms with E-state index in [1.54, 1.807) is 0 Å². The van der Waals surface area contributed by atoms with Gasteiger partial charge in [0.05, 0.1) is 12.5 Å². The first-order valence-electron chi connectivity index (χ1n) is 14.4. The maximum atomic E-state index is 12.6. The summed E-state index contributed by atoms with van der Waals surface area (Å²) in [6.45, 7) is 11.3. The van der Waals surface area contributed by atoms with E-state index >= 15 is 0 Å². The third kappa shape index (κ3) is 8.76. The van der Waals surface area contributed by atoms with Crippen molar-refractivity contribution < 1.29 is 33.6 Å². The van der Waals surface area contributed by atoms with E-state index in [0.29, 0.717) is 45.9 Å². The van der Waals surface area contributed by atoms with Gasteiger partial charge < -0.3 is 28.8 Å². The molecule has 1 heterocycles. The molecule has 1 N–H and O–H groups in total. The van der Waals surface area contributed by atoms with Crippen molar-refractivity contribution in [3.05, 3.63) is 0 Å². The van der Waals surface area contributed by atoms with E-state index in [9.17, 15) is 9.90 Å². The van der Waals surface area contributed by atoms with Crippen molar-refractivity contribution in [1.82, 2.24) is 0 Å². The van der Waals surface area contributed by atoms with Crippen molar-refractivity contribution in [3.8, 4) is 0 Å². The summed E-state index contributed by atoms with van der Waals surface area (Å²) in [5.74, 6) is -1.19. The summed E-state index contributed by atoms with van der Waals surface area (Å²) in [7, 11) is 0. The number of hydrogen-bond donors (Lipinski definition) is 1. The summed E-state index contributed by atoms with van der Waals surface area (Å²) in [5.41, 5.74) is -0.949. The quantitative estimate of drug-likeness (QED) is 0.106. The molecular formula is C28H51IO7. The number of rotatable bonds is 19. The zero-order chi connectivity index (χ0) is 26.4. The molecule has 0 aromatic rings. The number of alkyl halides is 1. The summed E-state index contributed by atoms with van der Waals surface area (Å²) in [6.07, 6.45) is 7.50. The molecule has 1 aliphatic carbocycles. The monoisotopic (exact) mass is 626 g/mol. The van der Waals surface area contributed by atoms with Crippen molar-refractivity contribution in [2.45, 2.75) is 122 Å². The van der Waals surface area contributed by atoms with Gasteiger partial charge in [0.2, 0.25) is 0 Å². The Morgan fingerprint density at radius 1 is 0.889 bits per heavy atom. The van der Waals surface area contributed by atoms with Crippen LogP contribution in [0.25, 0.3) is 0 Å². The number of unbranched alkanes of at least 4 members (excludes halogenated alkanes) is 4. The van der Waals surface area contributed by atoms with E-state index in [1.807, 2.05) is 0 Å². The number of ether oxygens (including phenoxy) is 5. The molecule has 1 spiro atoms. The third-order valence-electron chi connectivity index (χ3n) is 7.46. The van der Waals surface area contributed by atoms with Crippen LogP contribution >= 0.6 is 22.6 Å². The highest BCUT2D eigenvalue weighted by atomic mass is 127. The van der Waals surface area contributed by atoms with Crippen molar-refractivity contribution in [1.29, 1.82) is 0 Å². The largest absolute Gasteiger partial charge is 0.481 e. The van der Waals surface area contributed by atoms with Crippen LogP contribution in [0.1, 0.15) is 91.9 Å². The lowest BCUT2D eigenvalue weighted by atomic mass is 9.77. The van der Waals surface area contributed by atoms with Gasteiger partial charge in [-0.05, 0) is 44.4 Å². The number of carbonyl (C=O) groups is 1. The first kappa shape index (κ1) is 32.2. The van der Waals surface area contributed by atoms with Gasteiger partial charge in [-0.25, -0.2) is 0 Å². The summed E-state index contributed by atoms with van der Waals surface area (Å²) < 4.78 is 33.5. The SMILES string of the molecule is CCCCOCC1O[C@]2(CC(CI)CC2C(=O)O)C(OCCCC)C(OCCCC)[C@@H]1OCCCC. The molecule has 1 saturated carbocycles. The predicted molar refractivity (Wildman–Crippen MR) is 150 cm³/mol. The maximum Gasteiger partial charge on any atom is 0.309 e. The standard InChI is InChI=1S/C28H51IO7/c1-5-9-13-32-20-23-24(33-14-10-6-2)25(34-15-11-7-3)26(35-16-12-8-4)28(36-23)18-21(19-29)17-22(28)27(30)31/h21-26H,5-20H2,1-4H3,(H,30,31)/t21?,22?,23?,24-,25?,26?,28+/m1/s1. The Hall–Kier alpha value is -0.0000000000000000139. The summed E-state index contributed by atoms with van der Waals surface area (Å²) in [6, 6.07) is 0. The number of halogens is 1. The van der Waals surface area contributed by atoms with E-state index < -0.39 is 35.8 Å². The Balaban J connectivity index is 2.47. The lowest BCUT2D eigenvalue weighted by Crippen LogP contribution is -2.69. The van der Waals surface area contributed by atoms with Crippen molar-refractivity contribution >= 4 is 28.6 Å². The molecule has 1 aliphatic heterocycles. The van der Waals surface area contributed by atoms with Gasteiger partial charge in [-0.15, -0.1) is 0 Å². The molecule has 7 atom stereocenters. The van der Waals surface area contributed by atoms with Crippen LogP contribution in [0.4, 0.5) is 0 Å². The second kappa shape index (κ2) is 17.6. The lowest BCUT2D eigenvalue weighted by Gasteiger charge is -2.53. The van der Waals surface area contributed by atoms with Gasteiger partial charge in [-0.2, -0.15) is 0 Å². The number of aliphatic carboxylic acids is 1. The minimum absolute atomic E-state index is 0.263. The molecule has 0 aromatic carbocycles. The second-order valence-corrected chi connectivity index (χ2v) is 11.3. The van der Waals surface area contributed by atoms with E-state index in [4.69, 9.17) is 23.7 Å². The summed E-state index contributed by atoms with van der Waals surface area (Å²) in [5, 5.41) is 10.4. The van der Waals surface area contributed by atoms with Gasteiger partial charge >= 0.3 is 5.97 Å². The first-order chi connectivity index (χ1) is 17.5. The number of carboxylic acid groups (broad SMARTS) is 1. The molecule has 0 amide bonds. The van der Waals surface area contributed by atoms with Crippen LogP contribution in [0.15, 0.2) is 0 Å². The molecule has 0 aromatic heterocycles. The first-order valence-corrected chi connectivity index (χ1v) is 15.9. The molecule has 36 heavy (non-hydrogen) atoms. The zero-order valence-corrected chi connectivity index (χ0v) is 25.2. The van der Waals surface area contributed by atoms with Gasteiger partial charge in [0.15, 0.2) is 0 Å². The molecular weight excluding hydrogens is 575 g/mol. The van der Waals surface area contributed by atoms with E-state index in [-0.39, 0.29) is 12.0 Å². The van der Waals surface area contributed by atoms with Crippen molar-refractivity contribution in [2.75, 3.05) is 37.5 Å². The molecule has 7 nitrogen and oxygen atoms in total. The smallest absolute Gasteiger partial charge is 0.309 e. The highest BCUT2D eigenvalue weighted by Crippen LogP contribution is 2.51. The van der Waals surface area contributed by atoms with Crippen LogP contribution in [-0.2, 0) is 28.5 Å². The molecule has 8 heteroatoms. The predicted octanol–water partition coefficient (Wildman–Crippen LogP) is 6.04. The van der Waals surface area contributed by atoms with Crippen LogP contribution in [-0.4, -0.2) is 78.6 Å². The van der Waals surface area contributed by atoms with Crippen LogP contribution in [0.3, 0.4) is 0 Å². The fourth-order valence-electron chi connectivity index (χ4n) is 5.44. The average Bonchev–Trinajstić information content (AvgIpc) is 3.24. The molecule has 0 radical (unpaired) electrons. The van der Waals surface area contributed by atoms with E-state index in [2.05, 4.69) is 50.3 Å². The normalized spacial score (nSPS) is 32.4. The Morgan fingerprint density at radius 2 is 1.44 bits per heavy atom.